The van der Waals surface area contributed by atoms with Crippen molar-refractivity contribution in [2.75, 3.05) is 6.54 Å². The minimum absolute atomic E-state index is 0. The molecule has 0 saturated heterocycles. The Morgan fingerprint density at radius 3 is 2.34 bits per heavy atom. The van der Waals surface area contributed by atoms with E-state index in [-0.39, 0.29) is 51.4 Å². The van der Waals surface area contributed by atoms with Gasteiger partial charge < -0.3 is 10.3 Å². The second-order valence-corrected chi connectivity index (χ2v) is 7.48. The number of H-pyrrole nitrogens is 1. The topological polar surface area (TPSA) is 42.8 Å². The van der Waals surface area contributed by atoms with Gasteiger partial charge in [-0.05, 0) is 54.3 Å². The quantitative estimate of drug-likeness (QED) is 0.580. The van der Waals surface area contributed by atoms with E-state index in [0.29, 0.717) is 11.8 Å². The maximum absolute atomic E-state index is 6.35. The van der Waals surface area contributed by atoms with Gasteiger partial charge >= 0.3 is 51.4 Å². The first-order chi connectivity index (χ1) is 13.8. The van der Waals surface area contributed by atoms with Crippen molar-refractivity contribution in [2.45, 2.75) is 45.4 Å². The molecule has 148 valence electrons. The van der Waals surface area contributed by atoms with E-state index in [9.17, 15) is 0 Å². The van der Waals surface area contributed by atoms with Gasteiger partial charge in [0.1, 0.15) is 0 Å². The molecular formula is C24H29ClKN3. The third-order valence-corrected chi connectivity index (χ3v) is 5.76. The molecule has 2 aromatic heterocycles. The van der Waals surface area contributed by atoms with Crippen LogP contribution >= 0.6 is 11.6 Å². The second kappa shape index (κ2) is 12.9. The van der Waals surface area contributed by atoms with Gasteiger partial charge in [-0.3, -0.25) is 4.98 Å². The fourth-order valence-corrected chi connectivity index (χ4v) is 4.16. The Kier molecular flexibility index (Phi) is 11.0. The smallest absolute Gasteiger partial charge is 0.682 e. The summed E-state index contributed by atoms with van der Waals surface area (Å²) in [5.41, 5.74) is 4.56. The van der Waals surface area contributed by atoms with Crippen LogP contribution in [0.15, 0.2) is 61.2 Å². The number of pyridine rings is 1. The minimum atomic E-state index is 0. The van der Waals surface area contributed by atoms with Crippen LogP contribution in [-0.4, -0.2) is 16.5 Å². The van der Waals surface area contributed by atoms with E-state index >= 15 is 0 Å². The summed E-state index contributed by atoms with van der Waals surface area (Å²) in [4.78, 5) is 7.31. The van der Waals surface area contributed by atoms with Crippen molar-refractivity contribution >= 4 is 17.3 Å². The second-order valence-electron chi connectivity index (χ2n) is 7.07. The fourth-order valence-electron chi connectivity index (χ4n) is 3.92. The van der Waals surface area contributed by atoms with Crippen molar-refractivity contribution in [1.82, 2.24) is 9.97 Å². The van der Waals surface area contributed by atoms with Gasteiger partial charge in [0, 0.05) is 29.2 Å². The van der Waals surface area contributed by atoms with Gasteiger partial charge in [0.05, 0.1) is 0 Å². The Labute approximate surface area is 222 Å². The van der Waals surface area contributed by atoms with E-state index in [4.69, 9.17) is 16.9 Å². The Balaban J connectivity index is 0.000000970. The molecule has 4 rings (SSSR count). The number of aromatic nitrogens is 2. The summed E-state index contributed by atoms with van der Waals surface area (Å²) < 4.78 is 0. The maximum Gasteiger partial charge on any atom is 1.00 e. The van der Waals surface area contributed by atoms with E-state index in [1.165, 1.54) is 31.2 Å². The van der Waals surface area contributed by atoms with Gasteiger partial charge in [0.25, 0.3) is 0 Å². The Morgan fingerprint density at radius 2 is 1.66 bits per heavy atom. The molecule has 1 saturated carbocycles. The molecule has 5 heteroatoms. The molecule has 1 N–H and O–H groups in total. The van der Waals surface area contributed by atoms with Crippen molar-refractivity contribution in [1.29, 1.82) is 0 Å². The van der Waals surface area contributed by atoms with Crippen LogP contribution in [-0.2, 0) is 0 Å². The SMILES string of the molecule is CC.Clc1ccccc1-c1c[nH]cc1[N-]CC1CCC(c2ccncc2)CC1.[K+]. The molecule has 0 atom stereocenters. The number of benzene rings is 1. The summed E-state index contributed by atoms with van der Waals surface area (Å²) in [7, 11) is 0. The first-order valence-electron chi connectivity index (χ1n) is 10.3. The van der Waals surface area contributed by atoms with Gasteiger partial charge in [-0.2, -0.15) is 0 Å². The number of rotatable bonds is 5. The van der Waals surface area contributed by atoms with Crippen molar-refractivity contribution in [3.8, 4) is 11.1 Å². The minimum Gasteiger partial charge on any atom is -0.682 e. The standard InChI is InChI=1S/C22H23ClN3.C2H6.K/c23-21-4-2-1-3-19(21)20-14-25-15-22(20)26-13-16-5-7-17(8-6-16)18-9-11-24-12-10-18;1-2;/h1-4,9-12,14-17,25H,5-8,13H2;1-2H3;/q-1;;+1. The number of nitrogens with zero attached hydrogens (tertiary/aromatic N) is 2. The predicted octanol–water partition coefficient (Wildman–Crippen LogP) is 4.74. The Bertz CT molecular complexity index is 842. The monoisotopic (exact) mass is 433 g/mol. The van der Waals surface area contributed by atoms with Gasteiger partial charge in [-0.15, -0.1) is 12.2 Å². The van der Waals surface area contributed by atoms with Crippen LogP contribution in [0.25, 0.3) is 16.4 Å². The molecule has 3 aromatic rings. The first kappa shape index (κ1) is 24.6. The molecule has 1 aliphatic carbocycles. The van der Waals surface area contributed by atoms with Crippen LogP contribution in [0.1, 0.15) is 51.0 Å². The largest absolute Gasteiger partial charge is 1.00 e. The van der Waals surface area contributed by atoms with E-state index in [1.807, 2.05) is 62.9 Å². The zero-order valence-corrected chi connectivity index (χ0v) is 21.6. The van der Waals surface area contributed by atoms with Crippen molar-refractivity contribution < 1.29 is 51.4 Å². The van der Waals surface area contributed by atoms with Gasteiger partial charge in [0.2, 0.25) is 0 Å². The molecule has 1 aliphatic rings. The molecule has 0 unspecified atom stereocenters. The van der Waals surface area contributed by atoms with Gasteiger partial charge in [-0.25, -0.2) is 0 Å². The molecule has 3 nitrogen and oxygen atoms in total. The summed E-state index contributed by atoms with van der Waals surface area (Å²) in [6.07, 6.45) is 12.7. The van der Waals surface area contributed by atoms with Crippen molar-refractivity contribution in [2.24, 2.45) is 5.92 Å². The summed E-state index contributed by atoms with van der Waals surface area (Å²) >= 11 is 6.35. The van der Waals surface area contributed by atoms with Crippen LogP contribution in [0.5, 0.6) is 0 Å². The van der Waals surface area contributed by atoms with Crippen LogP contribution in [0.2, 0.25) is 5.02 Å². The normalized spacial score (nSPS) is 18.2. The molecule has 0 amide bonds. The van der Waals surface area contributed by atoms with Crippen LogP contribution in [0, 0.1) is 5.92 Å². The average molecular weight is 434 g/mol. The molecule has 2 heterocycles. The van der Waals surface area contributed by atoms with Crippen molar-refractivity contribution in [3.05, 3.63) is 77.1 Å². The Hall–Kier alpha value is -0.624. The van der Waals surface area contributed by atoms with Crippen LogP contribution < -0.4 is 51.4 Å². The van der Waals surface area contributed by atoms with E-state index < -0.39 is 0 Å². The van der Waals surface area contributed by atoms with Gasteiger partial charge in [-0.1, -0.05) is 62.4 Å². The Morgan fingerprint density at radius 1 is 0.966 bits per heavy atom. The number of hydrogen-bond acceptors (Lipinski definition) is 1. The molecular weight excluding hydrogens is 405 g/mol. The number of nitrogens with one attached hydrogen (secondary N) is 1. The van der Waals surface area contributed by atoms with E-state index in [0.717, 1.165) is 28.4 Å². The molecule has 29 heavy (non-hydrogen) atoms. The first-order valence-corrected chi connectivity index (χ1v) is 10.7. The predicted molar refractivity (Wildman–Crippen MR) is 119 cm³/mol. The van der Waals surface area contributed by atoms with Crippen molar-refractivity contribution in [3.63, 3.8) is 0 Å². The molecule has 0 spiro atoms. The van der Waals surface area contributed by atoms with E-state index in [2.05, 4.69) is 22.1 Å². The summed E-state index contributed by atoms with van der Waals surface area (Å²) in [6.45, 7) is 4.89. The van der Waals surface area contributed by atoms with Crippen LogP contribution in [0.4, 0.5) is 5.69 Å². The molecule has 0 radical (unpaired) electrons. The average Bonchev–Trinajstić information content (AvgIpc) is 3.23. The fraction of sp³-hybridized carbons (Fsp3) is 0.375. The number of hydrogen-bond donors (Lipinski definition) is 1. The molecule has 0 aliphatic heterocycles. The summed E-state index contributed by atoms with van der Waals surface area (Å²) in [5, 5.41) is 5.67. The third-order valence-electron chi connectivity index (χ3n) is 5.43. The molecule has 1 fully saturated rings. The summed E-state index contributed by atoms with van der Waals surface area (Å²) in [6, 6.07) is 12.3. The zero-order chi connectivity index (χ0) is 19.8. The molecule has 0 bridgehead atoms. The zero-order valence-electron chi connectivity index (χ0n) is 17.7. The number of halogens is 1. The number of aromatic amines is 1. The maximum atomic E-state index is 6.35. The third kappa shape index (κ3) is 6.68. The van der Waals surface area contributed by atoms with E-state index in [1.54, 1.807) is 0 Å². The summed E-state index contributed by atoms with van der Waals surface area (Å²) in [5.74, 6) is 1.35. The van der Waals surface area contributed by atoms with Crippen LogP contribution in [0.3, 0.4) is 0 Å². The molecule has 1 aromatic carbocycles. The van der Waals surface area contributed by atoms with Gasteiger partial charge in [0.15, 0.2) is 0 Å².